The van der Waals surface area contributed by atoms with E-state index in [2.05, 4.69) is 5.32 Å². The average Bonchev–Trinajstić information content (AvgIpc) is 3.11. The van der Waals surface area contributed by atoms with Gasteiger partial charge in [-0.3, -0.25) is 9.10 Å². The minimum atomic E-state index is -3.58. The summed E-state index contributed by atoms with van der Waals surface area (Å²) in [6.07, 6.45) is 6.73. The lowest BCUT2D eigenvalue weighted by Gasteiger charge is -2.30. The quantitative estimate of drug-likeness (QED) is 0.629. The SMILES string of the molecule is CC[C@H](C(=O)NCCSC1CCCC1)N(c1ccc(C)c(C)c1)S(C)(=O)=O. The fourth-order valence-corrected chi connectivity index (χ4v) is 5.92. The summed E-state index contributed by atoms with van der Waals surface area (Å²) >= 11 is 1.91. The molecule has 1 aliphatic rings. The third-order valence-electron chi connectivity index (χ3n) is 5.13. The van der Waals surface area contributed by atoms with Crippen LogP contribution in [0.3, 0.4) is 0 Å². The lowest BCUT2D eigenvalue weighted by Crippen LogP contribution is -2.49. The van der Waals surface area contributed by atoms with Gasteiger partial charge in [-0.25, -0.2) is 8.42 Å². The Morgan fingerprint density at radius 1 is 1.26 bits per heavy atom. The molecule has 1 N–H and O–H groups in total. The van der Waals surface area contributed by atoms with Crippen LogP contribution in [0, 0.1) is 13.8 Å². The number of thioether (sulfide) groups is 1. The second-order valence-electron chi connectivity index (χ2n) is 7.32. The van der Waals surface area contributed by atoms with E-state index in [9.17, 15) is 13.2 Å². The molecule has 0 aromatic heterocycles. The van der Waals surface area contributed by atoms with E-state index in [1.807, 2.05) is 44.7 Å². The number of hydrogen-bond donors (Lipinski definition) is 1. The van der Waals surface area contributed by atoms with Crippen molar-refractivity contribution in [3.63, 3.8) is 0 Å². The number of aryl methyl sites for hydroxylation is 2. The van der Waals surface area contributed by atoms with Crippen LogP contribution in [0.5, 0.6) is 0 Å². The number of anilines is 1. The summed E-state index contributed by atoms with van der Waals surface area (Å²) in [6, 6.07) is 4.77. The molecular weight excluding hydrogens is 380 g/mol. The monoisotopic (exact) mass is 412 g/mol. The number of rotatable bonds is 9. The van der Waals surface area contributed by atoms with Crippen molar-refractivity contribution in [3.05, 3.63) is 29.3 Å². The zero-order chi connectivity index (χ0) is 20.0. The number of carbonyl (C=O) groups is 1. The third-order valence-corrected chi connectivity index (χ3v) is 7.69. The van der Waals surface area contributed by atoms with Gasteiger partial charge in [-0.1, -0.05) is 25.8 Å². The lowest BCUT2D eigenvalue weighted by molar-refractivity contribution is -0.122. The Morgan fingerprint density at radius 3 is 2.48 bits per heavy atom. The molecule has 27 heavy (non-hydrogen) atoms. The van der Waals surface area contributed by atoms with Gasteiger partial charge in [-0.15, -0.1) is 0 Å². The van der Waals surface area contributed by atoms with Crippen molar-refractivity contribution in [1.82, 2.24) is 5.32 Å². The van der Waals surface area contributed by atoms with Crippen LogP contribution in [-0.2, 0) is 14.8 Å². The molecule has 1 atom stereocenters. The zero-order valence-corrected chi connectivity index (χ0v) is 18.5. The van der Waals surface area contributed by atoms with Gasteiger partial charge in [0.2, 0.25) is 15.9 Å². The van der Waals surface area contributed by atoms with Crippen LogP contribution in [0.25, 0.3) is 0 Å². The molecule has 0 saturated heterocycles. The van der Waals surface area contributed by atoms with Crippen LogP contribution in [0.4, 0.5) is 5.69 Å². The maximum absolute atomic E-state index is 12.8. The van der Waals surface area contributed by atoms with E-state index in [0.29, 0.717) is 23.9 Å². The maximum atomic E-state index is 12.8. The highest BCUT2D eigenvalue weighted by Crippen LogP contribution is 2.29. The van der Waals surface area contributed by atoms with Gasteiger partial charge < -0.3 is 5.32 Å². The van der Waals surface area contributed by atoms with Gasteiger partial charge in [0.15, 0.2) is 0 Å². The highest BCUT2D eigenvalue weighted by atomic mass is 32.2. The van der Waals surface area contributed by atoms with Crippen molar-refractivity contribution in [3.8, 4) is 0 Å². The predicted molar refractivity (Wildman–Crippen MR) is 115 cm³/mol. The number of amides is 1. The second kappa shape index (κ2) is 9.82. The van der Waals surface area contributed by atoms with Crippen LogP contribution in [-0.4, -0.2) is 44.2 Å². The van der Waals surface area contributed by atoms with Crippen molar-refractivity contribution < 1.29 is 13.2 Å². The smallest absolute Gasteiger partial charge is 0.243 e. The average molecular weight is 413 g/mol. The number of hydrogen-bond acceptors (Lipinski definition) is 4. The van der Waals surface area contributed by atoms with Crippen LogP contribution >= 0.6 is 11.8 Å². The van der Waals surface area contributed by atoms with Crippen LogP contribution in [0.1, 0.15) is 50.2 Å². The first-order chi connectivity index (χ1) is 12.7. The van der Waals surface area contributed by atoms with Crippen LogP contribution in [0.2, 0.25) is 0 Å². The Balaban J connectivity index is 2.07. The molecule has 2 rings (SSSR count). The molecule has 152 valence electrons. The van der Waals surface area contributed by atoms with E-state index in [4.69, 9.17) is 0 Å². The molecule has 0 heterocycles. The van der Waals surface area contributed by atoms with Crippen molar-refractivity contribution in [2.24, 2.45) is 0 Å². The molecule has 1 aliphatic carbocycles. The van der Waals surface area contributed by atoms with E-state index < -0.39 is 16.1 Å². The van der Waals surface area contributed by atoms with E-state index in [1.54, 1.807) is 6.07 Å². The molecule has 1 saturated carbocycles. The Kier molecular flexibility index (Phi) is 8.04. The fourth-order valence-electron chi connectivity index (χ4n) is 3.50. The van der Waals surface area contributed by atoms with E-state index in [0.717, 1.165) is 23.1 Å². The first-order valence-electron chi connectivity index (χ1n) is 9.70. The summed E-state index contributed by atoms with van der Waals surface area (Å²) in [5, 5.41) is 3.65. The molecule has 7 heteroatoms. The van der Waals surface area contributed by atoms with Gasteiger partial charge in [-0.2, -0.15) is 11.8 Å². The standard InChI is InChI=1S/C20H32N2O3S2/c1-5-19(20(23)21-12-13-26-18-8-6-7-9-18)22(27(4,24)25)17-11-10-15(2)16(3)14-17/h10-11,14,18-19H,5-9,12-13H2,1-4H3,(H,21,23)/t19-/m1/s1. The Labute approximate surface area is 168 Å². The van der Waals surface area contributed by atoms with Crippen molar-refractivity contribution in [2.75, 3.05) is 22.9 Å². The molecule has 5 nitrogen and oxygen atoms in total. The first-order valence-corrected chi connectivity index (χ1v) is 12.6. The summed E-state index contributed by atoms with van der Waals surface area (Å²) in [5.41, 5.74) is 2.64. The van der Waals surface area contributed by atoms with Gasteiger partial charge in [-0.05, 0) is 56.4 Å². The fraction of sp³-hybridized carbons (Fsp3) is 0.650. The topological polar surface area (TPSA) is 66.5 Å². The maximum Gasteiger partial charge on any atom is 0.243 e. The van der Waals surface area contributed by atoms with Crippen molar-refractivity contribution in [1.29, 1.82) is 0 Å². The van der Waals surface area contributed by atoms with Gasteiger partial charge >= 0.3 is 0 Å². The van der Waals surface area contributed by atoms with E-state index in [-0.39, 0.29) is 5.91 Å². The van der Waals surface area contributed by atoms with Gasteiger partial charge in [0.1, 0.15) is 6.04 Å². The zero-order valence-electron chi connectivity index (χ0n) is 16.8. The first kappa shape index (κ1) is 22.1. The lowest BCUT2D eigenvalue weighted by atomic mass is 10.1. The third kappa shape index (κ3) is 6.14. The molecule has 0 bridgehead atoms. The predicted octanol–water partition coefficient (Wildman–Crippen LogP) is 3.64. The molecule has 0 radical (unpaired) electrons. The largest absolute Gasteiger partial charge is 0.353 e. The highest BCUT2D eigenvalue weighted by molar-refractivity contribution is 7.99. The number of sulfonamides is 1. The van der Waals surface area contributed by atoms with Crippen molar-refractivity contribution in [2.45, 2.75) is 64.2 Å². The molecule has 1 aromatic carbocycles. The van der Waals surface area contributed by atoms with E-state index >= 15 is 0 Å². The molecule has 1 fully saturated rings. The highest BCUT2D eigenvalue weighted by Gasteiger charge is 2.31. The van der Waals surface area contributed by atoms with Gasteiger partial charge in [0.25, 0.3) is 0 Å². The summed E-state index contributed by atoms with van der Waals surface area (Å²) in [6.45, 7) is 6.34. The van der Waals surface area contributed by atoms with Gasteiger partial charge in [0, 0.05) is 17.5 Å². The summed E-state index contributed by atoms with van der Waals surface area (Å²) < 4.78 is 26.2. The van der Waals surface area contributed by atoms with Crippen LogP contribution in [0.15, 0.2) is 18.2 Å². The molecule has 0 aliphatic heterocycles. The van der Waals surface area contributed by atoms with E-state index in [1.165, 1.54) is 30.0 Å². The molecule has 0 spiro atoms. The van der Waals surface area contributed by atoms with Crippen LogP contribution < -0.4 is 9.62 Å². The minimum absolute atomic E-state index is 0.229. The summed E-state index contributed by atoms with van der Waals surface area (Å²) in [7, 11) is -3.58. The normalized spacial score (nSPS) is 16.3. The summed E-state index contributed by atoms with van der Waals surface area (Å²) in [5.74, 6) is 0.642. The Hall–Kier alpha value is -1.21. The molecule has 0 unspecified atom stereocenters. The Morgan fingerprint density at radius 2 is 1.93 bits per heavy atom. The minimum Gasteiger partial charge on any atom is -0.353 e. The van der Waals surface area contributed by atoms with Gasteiger partial charge in [0.05, 0.1) is 11.9 Å². The number of benzene rings is 1. The number of nitrogens with zero attached hydrogens (tertiary/aromatic N) is 1. The number of carbonyl (C=O) groups excluding carboxylic acids is 1. The molecule has 1 amide bonds. The van der Waals surface area contributed by atoms with Crippen molar-refractivity contribution >= 4 is 33.4 Å². The Bertz CT molecular complexity index is 744. The molecular formula is C20H32N2O3S2. The summed E-state index contributed by atoms with van der Waals surface area (Å²) in [4.78, 5) is 12.8. The number of nitrogens with one attached hydrogen (secondary N) is 1. The molecule has 1 aromatic rings. The second-order valence-corrected chi connectivity index (χ2v) is 10.6.